The Morgan fingerprint density at radius 1 is 1.33 bits per heavy atom. The van der Waals surface area contributed by atoms with Gasteiger partial charge in [0, 0.05) is 23.2 Å². The number of hydrogen-bond donors (Lipinski definition) is 0. The molecule has 1 heterocycles. The lowest BCUT2D eigenvalue weighted by molar-refractivity contribution is 0.487. The lowest BCUT2D eigenvalue weighted by atomic mass is 9.90. The highest BCUT2D eigenvalue weighted by Gasteiger charge is 2.19. The maximum absolute atomic E-state index is 12.3. The number of aromatic nitrogens is 1. The first-order chi connectivity index (χ1) is 8.41. The van der Waals surface area contributed by atoms with E-state index in [4.69, 9.17) is 5.26 Å². The Morgan fingerprint density at radius 3 is 2.50 bits per heavy atom. The molecule has 0 radical (unpaired) electrons. The van der Waals surface area contributed by atoms with Crippen LogP contribution in [0.2, 0.25) is 0 Å². The number of nitriles is 1. The molecule has 3 nitrogen and oxygen atoms in total. The van der Waals surface area contributed by atoms with Gasteiger partial charge in [-0.25, -0.2) is 0 Å². The smallest absolute Gasteiger partial charge is 0.255 e. The molecule has 0 atom stereocenters. The topological polar surface area (TPSA) is 45.8 Å². The van der Waals surface area contributed by atoms with Crippen LogP contribution in [0.5, 0.6) is 0 Å². The van der Waals surface area contributed by atoms with Crippen LogP contribution in [0.25, 0.3) is 0 Å². The summed E-state index contributed by atoms with van der Waals surface area (Å²) >= 11 is 0. The molecule has 0 aromatic carbocycles. The van der Waals surface area contributed by atoms with Crippen molar-refractivity contribution < 1.29 is 0 Å². The molecule has 0 spiro atoms. The lowest BCUT2D eigenvalue weighted by Crippen LogP contribution is -2.31. The first-order valence-corrected chi connectivity index (χ1v) is 6.52. The van der Waals surface area contributed by atoms with Crippen LogP contribution in [0, 0.1) is 11.3 Å². The molecular weight excluding hydrogens is 224 g/mol. The third kappa shape index (κ3) is 3.22. The summed E-state index contributed by atoms with van der Waals surface area (Å²) in [6.45, 7) is 9.17. The van der Waals surface area contributed by atoms with E-state index in [0.29, 0.717) is 5.56 Å². The van der Waals surface area contributed by atoms with Gasteiger partial charge in [-0.1, -0.05) is 40.2 Å². The Kier molecular flexibility index (Phi) is 4.72. The van der Waals surface area contributed by atoms with E-state index in [1.54, 1.807) is 6.07 Å². The highest BCUT2D eigenvalue weighted by atomic mass is 16.1. The average molecular weight is 246 g/mol. The van der Waals surface area contributed by atoms with Crippen molar-refractivity contribution in [1.29, 1.82) is 5.26 Å². The standard InChI is InChI=1S/C15H22N2O/c1-5-6-11-17-13(15(2,3)4)8-7-12(9-10-16)14(17)18/h7-8H,5-6,9,11H2,1-4H3. The Labute approximate surface area is 109 Å². The molecule has 1 aromatic heterocycles. The van der Waals surface area contributed by atoms with Gasteiger partial charge in [-0.2, -0.15) is 5.26 Å². The molecule has 0 aliphatic heterocycles. The van der Waals surface area contributed by atoms with Crippen molar-refractivity contribution in [1.82, 2.24) is 4.57 Å². The van der Waals surface area contributed by atoms with Crippen molar-refractivity contribution in [3.05, 3.63) is 33.7 Å². The molecule has 0 amide bonds. The van der Waals surface area contributed by atoms with Gasteiger partial charge in [0.1, 0.15) is 0 Å². The van der Waals surface area contributed by atoms with Crippen LogP contribution in [0.15, 0.2) is 16.9 Å². The molecule has 0 N–H and O–H groups in total. The van der Waals surface area contributed by atoms with Gasteiger partial charge < -0.3 is 4.57 Å². The summed E-state index contributed by atoms with van der Waals surface area (Å²) in [5.74, 6) is 0. The average Bonchev–Trinajstić information content (AvgIpc) is 2.28. The second kappa shape index (κ2) is 5.86. The molecular formula is C15H22N2O. The van der Waals surface area contributed by atoms with E-state index in [2.05, 4.69) is 33.8 Å². The third-order valence-electron chi connectivity index (χ3n) is 3.03. The van der Waals surface area contributed by atoms with Crippen LogP contribution in [-0.4, -0.2) is 4.57 Å². The normalized spacial score (nSPS) is 11.3. The van der Waals surface area contributed by atoms with E-state index in [1.165, 1.54) is 0 Å². The van der Waals surface area contributed by atoms with E-state index in [0.717, 1.165) is 25.1 Å². The van der Waals surface area contributed by atoms with Gasteiger partial charge in [0.15, 0.2) is 0 Å². The van der Waals surface area contributed by atoms with E-state index in [-0.39, 0.29) is 17.4 Å². The molecule has 0 unspecified atom stereocenters. The monoisotopic (exact) mass is 246 g/mol. The SMILES string of the molecule is CCCCn1c(C(C)(C)C)ccc(CC#N)c1=O. The van der Waals surface area contributed by atoms with E-state index >= 15 is 0 Å². The van der Waals surface area contributed by atoms with Gasteiger partial charge in [0.25, 0.3) is 5.56 Å². The van der Waals surface area contributed by atoms with Gasteiger partial charge >= 0.3 is 0 Å². The predicted octanol–water partition coefficient (Wildman–Crippen LogP) is 3.01. The molecule has 0 aliphatic carbocycles. The number of rotatable bonds is 4. The van der Waals surface area contributed by atoms with Crippen LogP contribution < -0.4 is 5.56 Å². The number of unbranched alkanes of at least 4 members (excludes halogenated alkanes) is 1. The van der Waals surface area contributed by atoms with Gasteiger partial charge in [-0.05, 0) is 12.5 Å². The van der Waals surface area contributed by atoms with E-state index in [9.17, 15) is 4.79 Å². The van der Waals surface area contributed by atoms with Crippen molar-refractivity contribution in [2.75, 3.05) is 0 Å². The van der Waals surface area contributed by atoms with Crippen LogP contribution >= 0.6 is 0 Å². The molecule has 0 fully saturated rings. The van der Waals surface area contributed by atoms with Crippen molar-refractivity contribution >= 4 is 0 Å². The quantitative estimate of drug-likeness (QED) is 0.819. The maximum Gasteiger partial charge on any atom is 0.255 e. The molecule has 1 aromatic rings. The van der Waals surface area contributed by atoms with Crippen molar-refractivity contribution in [3.63, 3.8) is 0 Å². The highest BCUT2D eigenvalue weighted by molar-refractivity contribution is 5.23. The minimum absolute atomic E-state index is 0.00238. The first-order valence-electron chi connectivity index (χ1n) is 6.52. The van der Waals surface area contributed by atoms with E-state index in [1.807, 2.05) is 10.6 Å². The second-order valence-corrected chi connectivity index (χ2v) is 5.64. The Bertz CT molecular complexity index is 501. The Morgan fingerprint density at radius 2 is 2.00 bits per heavy atom. The summed E-state index contributed by atoms with van der Waals surface area (Å²) in [4.78, 5) is 12.3. The summed E-state index contributed by atoms with van der Waals surface area (Å²) in [5.41, 5.74) is 1.58. The van der Waals surface area contributed by atoms with E-state index < -0.39 is 0 Å². The predicted molar refractivity (Wildman–Crippen MR) is 73.6 cm³/mol. The molecule has 18 heavy (non-hydrogen) atoms. The molecule has 3 heteroatoms. The highest BCUT2D eigenvalue weighted by Crippen LogP contribution is 2.21. The maximum atomic E-state index is 12.3. The van der Waals surface area contributed by atoms with Crippen molar-refractivity contribution in [3.8, 4) is 6.07 Å². The van der Waals surface area contributed by atoms with Crippen LogP contribution in [-0.2, 0) is 18.4 Å². The number of hydrogen-bond acceptors (Lipinski definition) is 2. The largest absolute Gasteiger partial charge is 0.312 e. The van der Waals surface area contributed by atoms with Gasteiger partial charge in [-0.15, -0.1) is 0 Å². The minimum atomic E-state index is -0.0575. The van der Waals surface area contributed by atoms with Crippen LogP contribution in [0.1, 0.15) is 51.8 Å². The zero-order valence-electron chi connectivity index (χ0n) is 11.8. The van der Waals surface area contributed by atoms with Crippen molar-refractivity contribution in [2.45, 2.75) is 58.9 Å². The van der Waals surface area contributed by atoms with Gasteiger partial charge in [-0.3, -0.25) is 4.79 Å². The summed E-state index contributed by atoms with van der Waals surface area (Å²) < 4.78 is 1.84. The third-order valence-corrected chi connectivity index (χ3v) is 3.03. The van der Waals surface area contributed by atoms with Crippen LogP contribution in [0.4, 0.5) is 0 Å². The number of nitrogens with zero attached hydrogens (tertiary/aromatic N) is 2. The first kappa shape index (κ1) is 14.5. The molecule has 0 aliphatic rings. The molecule has 0 saturated carbocycles. The fourth-order valence-electron chi connectivity index (χ4n) is 2.04. The zero-order valence-corrected chi connectivity index (χ0v) is 11.8. The molecule has 0 bridgehead atoms. The summed E-state index contributed by atoms with van der Waals surface area (Å²) in [7, 11) is 0. The Hall–Kier alpha value is -1.56. The number of pyridine rings is 1. The zero-order chi connectivity index (χ0) is 13.8. The molecule has 98 valence electrons. The summed E-state index contributed by atoms with van der Waals surface area (Å²) in [6.07, 6.45) is 2.23. The summed E-state index contributed by atoms with van der Waals surface area (Å²) in [5, 5.41) is 8.74. The van der Waals surface area contributed by atoms with Gasteiger partial charge in [0.2, 0.25) is 0 Å². The lowest BCUT2D eigenvalue weighted by Gasteiger charge is -2.24. The molecule has 1 rings (SSSR count). The van der Waals surface area contributed by atoms with Crippen LogP contribution in [0.3, 0.4) is 0 Å². The Balaban J connectivity index is 3.33. The van der Waals surface area contributed by atoms with Crippen molar-refractivity contribution in [2.24, 2.45) is 0 Å². The fourth-order valence-corrected chi connectivity index (χ4v) is 2.04. The molecule has 0 saturated heterocycles. The second-order valence-electron chi connectivity index (χ2n) is 5.64. The fraction of sp³-hybridized carbons (Fsp3) is 0.600. The van der Waals surface area contributed by atoms with Gasteiger partial charge in [0.05, 0.1) is 12.5 Å². The summed E-state index contributed by atoms with van der Waals surface area (Å²) in [6, 6.07) is 5.84. The minimum Gasteiger partial charge on any atom is -0.312 e.